The number of nitrogens with zero attached hydrogens (tertiary/aromatic N) is 1. The normalized spacial score (nSPS) is 11.5. The molecule has 1 aromatic heterocycles. The predicted octanol–water partition coefficient (Wildman–Crippen LogP) is 1.52. The molecule has 0 saturated carbocycles. The minimum absolute atomic E-state index is 0.0961. The van der Waals surface area contributed by atoms with Crippen LogP contribution in [0.25, 0.3) is 0 Å². The SMILES string of the molecule is CNCC(=O)Nc1ccc(OCC(F)(F)C(F)F)nc1. The zero-order valence-corrected chi connectivity index (χ0v) is 10.5. The molecule has 0 saturated heterocycles. The van der Waals surface area contributed by atoms with E-state index in [9.17, 15) is 22.4 Å². The first kappa shape index (κ1) is 16.2. The van der Waals surface area contributed by atoms with Crippen LogP contribution in [0.15, 0.2) is 18.3 Å². The predicted molar refractivity (Wildman–Crippen MR) is 63.2 cm³/mol. The summed E-state index contributed by atoms with van der Waals surface area (Å²) in [6.07, 6.45) is -2.63. The summed E-state index contributed by atoms with van der Waals surface area (Å²) in [6, 6.07) is 2.55. The van der Waals surface area contributed by atoms with Crippen molar-refractivity contribution in [2.75, 3.05) is 25.5 Å². The number of anilines is 1. The quantitative estimate of drug-likeness (QED) is 0.749. The van der Waals surface area contributed by atoms with Gasteiger partial charge in [-0.3, -0.25) is 4.79 Å². The third-order valence-corrected chi connectivity index (χ3v) is 2.09. The summed E-state index contributed by atoms with van der Waals surface area (Å²) in [7, 11) is 1.60. The van der Waals surface area contributed by atoms with Crippen molar-refractivity contribution in [3.8, 4) is 5.88 Å². The molecule has 112 valence electrons. The third-order valence-electron chi connectivity index (χ3n) is 2.09. The number of amides is 1. The van der Waals surface area contributed by atoms with Crippen molar-refractivity contribution in [3.05, 3.63) is 18.3 Å². The number of hydrogen-bond acceptors (Lipinski definition) is 4. The van der Waals surface area contributed by atoms with E-state index in [2.05, 4.69) is 20.4 Å². The van der Waals surface area contributed by atoms with E-state index in [1.54, 1.807) is 7.05 Å². The average molecular weight is 295 g/mol. The summed E-state index contributed by atoms with van der Waals surface area (Å²) >= 11 is 0. The molecule has 0 aliphatic heterocycles. The Labute approximate surface area is 112 Å². The van der Waals surface area contributed by atoms with Gasteiger partial charge in [0.2, 0.25) is 11.8 Å². The molecule has 0 atom stereocenters. The van der Waals surface area contributed by atoms with Gasteiger partial charge >= 0.3 is 12.3 Å². The Kier molecular flexibility index (Phi) is 5.68. The Morgan fingerprint density at radius 2 is 2.15 bits per heavy atom. The lowest BCUT2D eigenvalue weighted by molar-refractivity contribution is -0.148. The molecule has 2 N–H and O–H groups in total. The molecule has 0 unspecified atom stereocenters. The molecule has 0 radical (unpaired) electrons. The van der Waals surface area contributed by atoms with Crippen molar-refractivity contribution in [2.24, 2.45) is 0 Å². The van der Waals surface area contributed by atoms with Crippen LogP contribution in [0.3, 0.4) is 0 Å². The van der Waals surface area contributed by atoms with Gasteiger partial charge in [-0.15, -0.1) is 0 Å². The van der Waals surface area contributed by atoms with E-state index in [1.807, 2.05) is 0 Å². The highest BCUT2D eigenvalue weighted by molar-refractivity contribution is 5.92. The lowest BCUT2D eigenvalue weighted by Crippen LogP contribution is -2.33. The monoisotopic (exact) mass is 295 g/mol. The summed E-state index contributed by atoms with van der Waals surface area (Å²) in [5, 5.41) is 5.11. The maximum Gasteiger partial charge on any atom is 0.340 e. The van der Waals surface area contributed by atoms with E-state index >= 15 is 0 Å². The number of nitrogens with one attached hydrogen (secondary N) is 2. The average Bonchev–Trinajstić information content (AvgIpc) is 2.38. The van der Waals surface area contributed by atoms with Gasteiger partial charge in [-0.1, -0.05) is 0 Å². The van der Waals surface area contributed by atoms with Crippen LogP contribution in [-0.2, 0) is 4.79 Å². The van der Waals surface area contributed by atoms with Crippen LogP contribution >= 0.6 is 0 Å². The number of halogens is 4. The Hall–Kier alpha value is -1.90. The number of aromatic nitrogens is 1. The van der Waals surface area contributed by atoms with Crippen LogP contribution in [0.2, 0.25) is 0 Å². The van der Waals surface area contributed by atoms with E-state index in [0.717, 1.165) is 0 Å². The smallest absolute Gasteiger partial charge is 0.340 e. The lowest BCUT2D eigenvalue weighted by atomic mass is 10.4. The van der Waals surface area contributed by atoms with E-state index < -0.39 is 19.0 Å². The number of ether oxygens (including phenoxy) is 1. The zero-order chi connectivity index (χ0) is 15.2. The molecule has 5 nitrogen and oxygen atoms in total. The van der Waals surface area contributed by atoms with Crippen LogP contribution < -0.4 is 15.4 Å². The van der Waals surface area contributed by atoms with Crippen LogP contribution in [-0.4, -0.2) is 43.4 Å². The van der Waals surface area contributed by atoms with Gasteiger partial charge in [0.1, 0.15) is 0 Å². The summed E-state index contributed by atoms with van der Waals surface area (Å²) in [5.41, 5.74) is 0.332. The zero-order valence-electron chi connectivity index (χ0n) is 10.5. The van der Waals surface area contributed by atoms with Gasteiger partial charge in [-0.25, -0.2) is 13.8 Å². The highest BCUT2D eigenvalue weighted by Crippen LogP contribution is 2.23. The molecule has 1 amide bonds. The maximum atomic E-state index is 12.6. The molecule has 0 fully saturated rings. The fourth-order valence-electron chi connectivity index (χ4n) is 1.14. The first-order valence-electron chi connectivity index (χ1n) is 5.54. The topological polar surface area (TPSA) is 63.2 Å². The van der Waals surface area contributed by atoms with Gasteiger partial charge in [0, 0.05) is 6.07 Å². The molecule has 0 bridgehead atoms. The molecule has 0 spiro atoms. The van der Waals surface area contributed by atoms with Gasteiger partial charge < -0.3 is 15.4 Å². The summed E-state index contributed by atoms with van der Waals surface area (Å²) in [5.74, 6) is -4.79. The summed E-state index contributed by atoms with van der Waals surface area (Å²) in [4.78, 5) is 14.8. The molecule has 0 aromatic carbocycles. The van der Waals surface area contributed by atoms with Crippen molar-refractivity contribution < 1.29 is 27.1 Å². The molecule has 1 aromatic rings. The highest BCUT2D eigenvalue weighted by Gasteiger charge is 2.41. The highest BCUT2D eigenvalue weighted by atomic mass is 19.3. The molecule has 9 heteroatoms. The fourth-order valence-corrected chi connectivity index (χ4v) is 1.14. The Bertz CT molecular complexity index is 440. The second-order valence-electron chi connectivity index (χ2n) is 3.81. The van der Waals surface area contributed by atoms with Crippen molar-refractivity contribution in [3.63, 3.8) is 0 Å². The number of likely N-dealkylation sites (N-methyl/N-ethyl adjacent to an activating group) is 1. The summed E-state index contributed by atoms with van der Waals surface area (Å²) < 4.78 is 53.5. The number of carbonyl (C=O) groups is 1. The number of hydrogen-bond donors (Lipinski definition) is 2. The number of pyridine rings is 1. The van der Waals surface area contributed by atoms with Gasteiger partial charge in [0.15, 0.2) is 6.61 Å². The second-order valence-corrected chi connectivity index (χ2v) is 3.81. The van der Waals surface area contributed by atoms with Crippen molar-refractivity contribution in [2.45, 2.75) is 12.3 Å². The molecular formula is C11H13F4N3O2. The standard InChI is InChI=1S/C11H13F4N3O2/c1-16-5-8(19)18-7-2-3-9(17-4-7)20-6-11(14,15)10(12)13/h2-4,10,16H,5-6H2,1H3,(H,18,19). The molecule has 1 heterocycles. The Morgan fingerprint density at radius 3 is 2.65 bits per heavy atom. The number of alkyl halides is 4. The van der Waals surface area contributed by atoms with Crippen LogP contribution in [0.5, 0.6) is 5.88 Å². The molecule has 20 heavy (non-hydrogen) atoms. The van der Waals surface area contributed by atoms with Gasteiger partial charge in [0.05, 0.1) is 18.4 Å². The first-order valence-corrected chi connectivity index (χ1v) is 5.54. The lowest BCUT2D eigenvalue weighted by Gasteiger charge is -2.15. The Morgan fingerprint density at radius 1 is 1.45 bits per heavy atom. The van der Waals surface area contributed by atoms with Crippen molar-refractivity contribution >= 4 is 11.6 Å². The van der Waals surface area contributed by atoms with Crippen LogP contribution in [0.1, 0.15) is 0 Å². The number of rotatable bonds is 7. The van der Waals surface area contributed by atoms with Crippen molar-refractivity contribution in [1.29, 1.82) is 0 Å². The van der Waals surface area contributed by atoms with E-state index in [1.165, 1.54) is 18.3 Å². The fraction of sp³-hybridized carbons (Fsp3) is 0.455. The van der Waals surface area contributed by atoms with Crippen molar-refractivity contribution in [1.82, 2.24) is 10.3 Å². The largest absolute Gasteiger partial charge is 0.471 e. The van der Waals surface area contributed by atoms with Gasteiger partial charge in [-0.05, 0) is 13.1 Å². The number of carbonyl (C=O) groups excluding carboxylic acids is 1. The van der Waals surface area contributed by atoms with Crippen LogP contribution in [0.4, 0.5) is 23.2 Å². The maximum absolute atomic E-state index is 12.6. The van der Waals surface area contributed by atoms with E-state index in [4.69, 9.17) is 0 Å². The first-order chi connectivity index (χ1) is 9.35. The Balaban J connectivity index is 2.53. The van der Waals surface area contributed by atoms with E-state index in [0.29, 0.717) is 5.69 Å². The minimum Gasteiger partial charge on any atom is -0.471 e. The molecule has 0 aliphatic rings. The van der Waals surface area contributed by atoms with Gasteiger partial charge in [-0.2, -0.15) is 8.78 Å². The molecule has 1 rings (SSSR count). The third kappa shape index (κ3) is 5.00. The van der Waals surface area contributed by atoms with Crippen LogP contribution in [0, 0.1) is 0 Å². The van der Waals surface area contributed by atoms with E-state index in [-0.39, 0.29) is 18.3 Å². The summed E-state index contributed by atoms with van der Waals surface area (Å²) in [6.45, 7) is -1.37. The molecule has 0 aliphatic carbocycles. The second kappa shape index (κ2) is 7.04. The van der Waals surface area contributed by atoms with Gasteiger partial charge in [0.25, 0.3) is 0 Å². The molecular weight excluding hydrogens is 282 g/mol. The minimum atomic E-state index is -4.23.